The van der Waals surface area contributed by atoms with Crippen LogP contribution in [-0.2, 0) is 11.2 Å². The molecule has 0 aliphatic rings. The van der Waals surface area contributed by atoms with Crippen molar-refractivity contribution in [2.24, 2.45) is 0 Å². The molecule has 0 aromatic heterocycles. The summed E-state index contributed by atoms with van der Waals surface area (Å²) in [5, 5.41) is 2.80. The first-order chi connectivity index (χ1) is 7.67. The minimum absolute atomic E-state index is 0. The molecule has 90 valence electrons. The lowest BCUT2D eigenvalue weighted by molar-refractivity contribution is -0.120. The third-order valence-corrected chi connectivity index (χ3v) is 2.90. The van der Waals surface area contributed by atoms with Gasteiger partial charge in [-0.15, -0.1) is 0 Å². The van der Waals surface area contributed by atoms with Gasteiger partial charge in [0, 0.05) is 7.97 Å². The molecule has 0 fully saturated rings. The van der Waals surface area contributed by atoms with Gasteiger partial charge in [0.15, 0.2) is 0 Å². The number of hydrogen-bond acceptors (Lipinski definition) is 1. The maximum atomic E-state index is 11.4. The van der Waals surface area contributed by atoms with Crippen LogP contribution in [0.3, 0.4) is 0 Å². The molecule has 0 saturated heterocycles. The van der Waals surface area contributed by atoms with Crippen molar-refractivity contribution in [1.29, 1.82) is 0 Å². The highest BCUT2D eigenvalue weighted by Gasteiger charge is 2.04. The van der Waals surface area contributed by atoms with Gasteiger partial charge in [0.25, 0.3) is 0 Å². The summed E-state index contributed by atoms with van der Waals surface area (Å²) in [5.74, 6) is 0.692. The normalized spacial score (nSPS) is 12.2. The Bertz CT molecular complexity index is 335. The smallest absolute Gasteiger partial charge is 0.224 e. The molecule has 0 bridgehead atoms. The maximum absolute atomic E-state index is 11.4. The van der Waals surface area contributed by atoms with E-state index in [1.165, 1.54) is 5.56 Å². The number of rotatable bonds is 5. The quantitative estimate of drug-likeness (QED) is 0.813. The number of benzene rings is 1. The molecule has 1 aromatic carbocycles. The second-order valence-corrected chi connectivity index (χ2v) is 4.18. The van der Waals surface area contributed by atoms with Gasteiger partial charge < -0.3 is 5.32 Å². The van der Waals surface area contributed by atoms with Crippen LogP contribution >= 0.6 is 0 Å². The highest BCUT2D eigenvalue weighted by atomic mass is 16.1. The van der Waals surface area contributed by atoms with Gasteiger partial charge in [-0.1, -0.05) is 38.1 Å². The number of amides is 1. The topological polar surface area (TPSA) is 29.1 Å². The standard InChI is InChI=1S/C14H21NO.H2/c1-4-11(3)13-8-6-12(7-9-13)10-14(16)15-5-2;/h6-9,11H,4-5,10H2,1-3H3,(H,15,16);1H. The first kappa shape index (κ1) is 12.8. The van der Waals surface area contributed by atoms with Crippen LogP contribution in [0.4, 0.5) is 0 Å². The van der Waals surface area contributed by atoms with E-state index in [9.17, 15) is 4.79 Å². The summed E-state index contributed by atoms with van der Waals surface area (Å²) < 4.78 is 0. The Hall–Kier alpha value is -1.31. The molecular weight excluding hydrogens is 198 g/mol. The van der Waals surface area contributed by atoms with Crippen molar-refractivity contribution in [1.82, 2.24) is 5.32 Å². The molecule has 1 unspecified atom stereocenters. The van der Waals surface area contributed by atoms with Crippen LogP contribution in [0.15, 0.2) is 24.3 Å². The molecule has 2 nitrogen and oxygen atoms in total. The van der Waals surface area contributed by atoms with E-state index in [0.717, 1.165) is 12.0 Å². The number of nitrogens with one attached hydrogen (secondary N) is 1. The molecule has 0 radical (unpaired) electrons. The van der Waals surface area contributed by atoms with Crippen LogP contribution in [0.2, 0.25) is 0 Å². The molecule has 1 amide bonds. The highest BCUT2D eigenvalue weighted by molar-refractivity contribution is 5.78. The highest BCUT2D eigenvalue weighted by Crippen LogP contribution is 2.18. The summed E-state index contributed by atoms with van der Waals surface area (Å²) in [6.45, 7) is 7.04. The van der Waals surface area contributed by atoms with Crippen LogP contribution < -0.4 is 5.32 Å². The van der Waals surface area contributed by atoms with Gasteiger partial charge in [-0.2, -0.15) is 0 Å². The minimum atomic E-state index is 0. The van der Waals surface area contributed by atoms with E-state index >= 15 is 0 Å². The summed E-state index contributed by atoms with van der Waals surface area (Å²) in [7, 11) is 0. The first-order valence-corrected chi connectivity index (χ1v) is 6.02. The first-order valence-electron chi connectivity index (χ1n) is 6.02. The monoisotopic (exact) mass is 221 g/mol. The van der Waals surface area contributed by atoms with Crippen molar-refractivity contribution >= 4 is 5.91 Å². The van der Waals surface area contributed by atoms with Crippen LogP contribution in [0, 0.1) is 0 Å². The van der Waals surface area contributed by atoms with E-state index in [-0.39, 0.29) is 7.33 Å². The molecule has 2 heteroatoms. The Balaban J connectivity index is 0.00000256. The fourth-order valence-corrected chi connectivity index (χ4v) is 1.64. The molecular formula is C14H23NO. The molecule has 1 rings (SSSR count). The summed E-state index contributed by atoms with van der Waals surface area (Å²) in [6, 6.07) is 8.36. The van der Waals surface area contributed by atoms with Crippen LogP contribution in [-0.4, -0.2) is 12.5 Å². The van der Waals surface area contributed by atoms with E-state index in [1.54, 1.807) is 0 Å². The molecule has 0 heterocycles. The molecule has 0 saturated carbocycles. The SMILES string of the molecule is CCNC(=O)Cc1ccc(C(C)CC)cc1.[HH]. The summed E-state index contributed by atoms with van der Waals surface area (Å²) in [4.78, 5) is 11.4. The minimum Gasteiger partial charge on any atom is -0.356 e. The van der Waals surface area contributed by atoms with Gasteiger partial charge in [0.2, 0.25) is 5.91 Å². The summed E-state index contributed by atoms with van der Waals surface area (Å²) >= 11 is 0. The zero-order valence-corrected chi connectivity index (χ0v) is 10.4. The van der Waals surface area contributed by atoms with E-state index < -0.39 is 0 Å². The summed E-state index contributed by atoms with van der Waals surface area (Å²) in [5.41, 5.74) is 2.43. The molecule has 1 atom stereocenters. The molecule has 1 N–H and O–H groups in total. The number of carbonyl (C=O) groups is 1. The largest absolute Gasteiger partial charge is 0.356 e. The molecule has 0 aliphatic carbocycles. The fraction of sp³-hybridized carbons (Fsp3) is 0.500. The van der Waals surface area contributed by atoms with E-state index in [0.29, 0.717) is 18.9 Å². The van der Waals surface area contributed by atoms with Crippen molar-refractivity contribution in [2.45, 2.75) is 39.5 Å². The zero-order valence-electron chi connectivity index (χ0n) is 10.4. The Morgan fingerprint density at radius 1 is 1.31 bits per heavy atom. The Kier molecular flexibility index (Phi) is 5.03. The predicted molar refractivity (Wildman–Crippen MR) is 69.6 cm³/mol. The van der Waals surface area contributed by atoms with Crippen molar-refractivity contribution in [3.8, 4) is 0 Å². The maximum Gasteiger partial charge on any atom is 0.224 e. The Morgan fingerprint density at radius 2 is 1.94 bits per heavy atom. The Morgan fingerprint density at radius 3 is 2.44 bits per heavy atom. The number of hydrogen-bond donors (Lipinski definition) is 1. The average molecular weight is 221 g/mol. The van der Waals surface area contributed by atoms with Crippen molar-refractivity contribution in [3.05, 3.63) is 35.4 Å². The van der Waals surface area contributed by atoms with Crippen LogP contribution in [0.1, 0.15) is 45.7 Å². The van der Waals surface area contributed by atoms with Crippen LogP contribution in [0.25, 0.3) is 0 Å². The number of carbonyl (C=O) groups excluding carboxylic acids is 1. The van der Waals surface area contributed by atoms with E-state index in [1.807, 2.05) is 6.92 Å². The third-order valence-electron chi connectivity index (χ3n) is 2.90. The average Bonchev–Trinajstić information content (AvgIpc) is 2.29. The van der Waals surface area contributed by atoms with Gasteiger partial charge in [0.05, 0.1) is 6.42 Å². The second kappa shape index (κ2) is 6.31. The van der Waals surface area contributed by atoms with Gasteiger partial charge in [-0.25, -0.2) is 0 Å². The molecule has 1 aromatic rings. The predicted octanol–water partition coefficient (Wildman–Crippen LogP) is 3.12. The Labute approximate surface area is 99.5 Å². The van der Waals surface area contributed by atoms with Crippen molar-refractivity contribution < 1.29 is 6.22 Å². The van der Waals surface area contributed by atoms with Gasteiger partial charge in [-0.05, 0) is 30.4 Å². The molecule has 0 aliphatic heterocycles. The van der Waals surface area contributed by atoms with Gasteiger partial charge >= 0.3 is 0 Å². The lowest BCUT2D eigenvalue weighted by atomic mass is 9.97. The molecule has 0 spiro atoms. The van der Waals surface area contributed by atoms with E-state index in [4.69, 9.17) is 0 Å². The fourth-order valence-electron chi connectivity index (χ4n) is 1.64. The van der Waals surface area contributed by atoms with Gasteiger partial charge in [0.1, 0.15) is 0 Å². The van der Waals surface area contributed by atoms with E-state index in [2.05, 4.69) is 43.4 Å². The van der Waals surface area contributed by atoms with Crippen molar-refractivity contribution in [2.75, 3.05) is 6.54 Å². The molecule has 16 heavy (non-hydrogen) atoms. The third kappa shape index (κ3) is 3.69. The van der Waals surface area contributed by atoms with Crippen LogP contribution in [0.5, 0.6) is 0 Å². The zero-order chi connectivity index (χ0) is 12.0. The van der Waals surface area contributed by atoms with Gasteiger partial charge in [-0.3, -0.25) is 4.79 Å². The lowest BCUT2D eigenvalue weighted by Gasteiger charge is -2.09. The summed E-state index contributed by atoms with van der Waals surface area (Å²) in [6.07, 6.45) is 1.63. The second-order valence-electron chi connectivity index (χ2n) is 4.18. The number of likely N-dealkylation sites (N-methyl/N-ethyl adjacent to an activating group) is 1. The van der Waals surface area contributed by atoms with Crippen molar-refractivity contribution in [3.63, 3.8) is 0 Å². The lowest BCUT2D eigenvalue weighted by Crippen LogP contribution is -2.24.